The predicted molar refractivity (Wildman–Crippen MR) is 105 cm³/mol. The fourth-order valence-electron chi connectivity index (χ4n) is 2.65. The number of benzene rings is 2. The quantitative estimate of drug-likeness (QED) is 0.532. The zero-order valence-corrected chi connectivity index (χ0v) is 15.5. The third-order valence-electron chi connectivity index (χ3n) is 3.79. The van der Waals surface area contributed by atoms with Crippen molar-refractivity contribution in [3.05, 3.63) is 48.5 Å². The number of nitrogens with one attached hydrogen (secondary N) is 1. The molecule has 144 valence electrons. The van der Waals surface area contributed by atoms with Crippen molar-refractivity contribution >= 4 is 45.1 Å². The summed E-state index contributed by atoms with van der Waals surface area (Å²) < 4.78 is 1.09. The summed E-state index contributed by atoms with van der Waals surface area (Å²) in [6, 6.07) is 15.0. The van der Waals surface area contributed by atoms with Crippen LogP contribution in [0, 0.1) is 0 Å². The van der Waals surface area contributed by atoms with Gasteiger partial charge in [-0.1, -0.05) is 12.1 Å². The molecule has 0 fully saturated rings. The first-order valence-electron chi connectivity index (χ1n) is 8.32. The molecule has 3 rings (SSSR count). The van der Waals surface area contributed by atoms with Gasteiger partial charge in [-0.3, -0.25) is 19.3 Å². The van der Waals surface area contributed by atoms with Crippen LogP contribution < -0.4 is 5.32 Å². The summed E-state index contributed by atoms with van der Waals surface area (Å²) in [5.41, 5.74) is 2.37. The number of aromatic nitrogens is 1. The van der Waals surface area contributed by atoms with E-state index in [0.29, 0.717) is 5.69 Å². The minimum absolute atomic E-state index is 0.335. The average Bonchev–Trinajstić information content (AvgIpc) is 3.05. The van der Waals surface area contributed by atoms with Gasteiger partial charge in [0, 0.05) is 11.3 Å². The third kappa shape index (κ3) is 5.12. The Balaban J connectivity index is 1.65. The summed E-state index contributed by atoms with van der Waals surface area (Å²) in [5.74, 6) is -2.89. The van der Waals surface area contributed by atoms with Gasteiger partial charge >= 0.3 is 11.9 Å². The highest BCUT2D eigenvalue weighted by atomic mass is 32.1. The second kappa shape index (κ2) is 8.59. The van der Waals surface area contributed by atoms with Gasteiger partial charge in [-0.05, 0) is 36.4 Å². The summed E-state index contributed by atoms with van der Waals surface area (Å²) in [5, 5.41) is 21.1. The summed E-state index contributed by atoms with van der Waals surface area (Å²) in [6.07, 6.45) is 0. The van der Waals surface area contributed by atoms with Crippen molar-refractivity contribution in [2.24, 2.45) is 0 Å². The van der Waals surface area contributed by atoms with Crippen LogP contribution in [0.3, 0.4) is 0 Å². The standard InChI is InChI=1S/C19H17N3O5S/c23-16(9-22(10-17(24)25)11-18(26)27)20-13-7-5-12(6-8-13)19-21-14-3-1-2-4-15(14)28-19/h1-8H,9-11H2,(H,20,23)(H,24,25)(H,26,27). The fourth-order valence-corrected chi connectivity index (χ4v) is 3.62. The molecule has 8 nitrogen and oxygen atoms in total. The summed E-state index contributed by atoms with van der Waals surface area (Å²) in [7, 11) is 0. The number of amides is 1. The van der Waals surface area contributed by atoms with E-state index in [-0.39, 0.29) is 6.54 Å². The van der Waals surface area contributed by atoms with Crippen molar-refractivity contribution in [3.8, 4) is 10.6 Å². The minimum atomic E-state index is -1.20. The number of rotatable bonds is 8. The molecular weight excluding hydrogens is 382 g/mol. The van der Waals surface area contributed by atoms with E-state index in [1.54, 1.807) is 23.5 Å². The molecule has 9 heteroatoms. The van der Waals surface area contributed by atoms with E-state index in [4.69, 9.17) is 10.2 Å². The molecule has 0 radical (unpaired) electrons. The van der Waals surface area contributed by atoms with Crippen LogP contribution in [0.4, 0.5) is 5.69 Å². The number of carbonyl (C=O) groups excluding carboxylic acids is 1. The van der Waals surface area contributed by atoms with Gasteiger partial charge in [-0.25, -0.2) is 4.98 Å². The maximum Gasteiger partial charge on any atom is 0.317 e. The molecule has 1 aromatic heterocycles. The largest absolute Gasteiger partial charge is 0.480 e. The van der Waals surface area contributed by atoms with Crippen molar-refractivity contribution < 1.29 is 24.6 Å². The lowest BCUT2D eigenvalue weighted by Crippen LogP contribution is -2.40. The second-order valence-corrected chi connectivity index (χ2v) is 7.08. The van der Waals surface area contributed by atoms with E-state index in [1.165, 1.54) is 0 Å². The highest BCUT2D eigenvalue weighted by Gasteiger charge is 2.17. The molecule has 0 saturated heterocycles. The number of para-hydroxylation sites is 1. The SMILES string of the molecule is O=C(O)CN(CC(=O)O)CC(=O)Nc1ccc(-c2nc3ccccc3s2)cc1. The first-order chi connectivity index (χ1) is 13.4. The highest BCUT2D eigenvalue weighted by molar-refractivity contribution is 7.21. The van der Waals surface area contributed by atoms with E-state index in [0.717, 1.165) is 25.7 Å². The summed E-state index contributed by atoms with van der Waals surface area (Å²) in [6.45, 7) is -1.40. The number of anilines is 1. The fraction of sp³-hybridized carbons (Fsp3) is 0.158. The van der Waals surface area contributed by atoms with Gasteiger partial charge in [0.1, 0.15) is 5.01 Å². The van der Waals surface area contributed by atoms with Gasteiger partial charge in [-0.15, -0.1) is 11.3 Å². The average molecular weight is 399 g/mol. The molecule has 0 bridgehead atoms. The number of carbonyl (C=O) groups is 3. The van der Waals surface area contributed by atoms with Crippen molar-refractivity contribution in [1.29, 1.82) is 0 Å². The van der Waals surface area contributed by atoms with Crippen LogP contribution in [-0.4, -0.2) is 57.6 Å². The maximum atomic E-state index is 12.1. The van der Waals surface area contributed by atoms with Crippen LogP contribution in [-0.2, 0) is 14.4 Å². The molecule has 3 aromatic rings. The Morgan fingerprint density at radius 1 is 0.929 bits per heavy atom. The number of carboxylic acid groups (broad SMARTS) is 2. The highest BCUT2D eigenvalue weighted by Crippen LogP contribution is 2.30. The molecule has 28 heavy (non-hydrogen) atoms. The molecule has 1 amide bonds. The number of thiazole rings is 1. The number of hydrogen-bond acceptors (Lipinski definition) is 6. The Morgan fingerprint density at radius 3 is 2.18 bits per heavy atom. The Hall–Kier alpha value is -3.30. The molecule has 0 spiro atoms. The topological polar surface area (TPSA) is 120 Å². The van der Waals surface area contributed by atoms with Crippen molar-refractivity contribution in [2.75, 3.05) is 25.0 Å². The van der Waals surface area contributed by atoms with Gasteiger partial charge < -0.3 is 15.5 Å². The van der Waals surface area contributed by atoms with Crippen molar-refractivity contribution in [3.63, 3.8) is 0 Å². The lowest BCUT2D eigenvalue weighted by atomic mass is 10.2. The Labute approximate surface area is 164 Å². The molecule has 0 unspecified atom stereocenters. The van der Waals surface area contributed by atoms with E-state index >= 15 is 0 Å². The van der Waals surface area contributed by atoms with E-state index in [2.05, 4.69) is 10.3 Å². The van der Waals surface area contributed by atoms with Crippen LogP contribution >= 0.6 is 11.3 Å². The Bertz CT molecular complexity index is 967. The molecule has 3 N–H and O–H groups in total. The molecule has 2 aromatic carbocycles. The molecular formula is C19H17N3O5S. The zero-order chi connectivity index (χ0) is 20.1. The van der Waals surface area contributed by atoms with Gasteiger partial charge in [-0.2, -0.15) is 0 Å². The first kappa shape index (κ1) is 19.5. The van der Waals surface area contributed by atoms with Crippen LogP contribution in [0.2, 0.25) is 0 Å². The Kier molecular flexibility index (Phi) is 5.97. The third-order valence-corrected chi connectivity index (χ3v) is 4.88. The first-order valence-corrected chi connectivity index (χ1v) is 9.14. The van der Waals surface area contributed by atoms with Gasteiger partial charge in [0.05, 0.1) is 29.9 Å². The van der Waals surface area contributed by atoms with Crippen molar-refractivity contribution in [2.45, 2.75) is 0 Å². The zero-order valence-electron chi connectivity index (χ0n) is 14.7. The smallest absolute Gasteiger partial charge is 0.317 e. The van der Waals surface area contributed by atoms with Gasteiger partial charge in [0.25, 0.3) is 0 Å². The van der Waals surface area contributed by atoms with Gasteiger partial charge in [0.15, 0.2) is 0 Å². The lowest BCUT2D eigenvalue weighted by molar-refractivity contribution is -0.142. The van der Waals surface area contributed by atoms with E-state index in [9.17, 15) is 14.4 Å². The van der Waals surface area contributed by atoms with Crippen molar-refractivity contribution in [1.82, 2.24) is 9.88 Å². The predicted octanol–water partition coefficient (Wildman–Crippen LogP) is 2.37. The molecule has 0 atom stereocenters. The second-order valence-electron chi connectivity index (χ2n) is 6.04. The van der Waals surface area contributed by atoms with E-state index in [1.807, 2.05) is 36.4 Å². The van der Waals surface area contributed by atoms with Gasteiger partial charge in [0.2, 0.25) is 5.91 Å². The lowest BCUT2D eigenvalue weighted by Gasteiger charge is -2.17. The molecule has 0 aliphatic heterocycles. The molecule has 1 heterocycles. The molecule has 0 aliphatic rings. The van der Waals surface area contributed by atoms with Crippen LogP contribution in [0.15, 0.2) is 48.5 Å². The number of fused-ring (bicyclic) bond motifs is 1. The Morgan fingerprint density at radius 2 is 1.57 bits per heavy atom. The van der Waals surface area contributed by atoms with E-state index < -0.39 is 30.9 Å². The summed E-state index contributed by atoms with van der Waals surface area (Å²) >= 11 is 1.57. The summed E-state index contributed by atoms with van der Waals surface area (Å²) in [4.78, 5) is 39.3. The monoisotopic (exact) mass is 399 g/mol. The molecule has 0 aliphatic carbocycles. The number of nitrogens with zero attached hydrogens (tertiary/aromatic N) is 2. The van der Waals surface area contributed by atoms with Crippen LogP contribution in [0.5, 0.6) is 0 Å². The maximum absolute atomic E-state index is 12.1. The normalized spacial score (nSPS) is 10.9. The number of aliphatic carboxylic acids is 2. The molecule has 0 saturated carbocycles. The number of hydrogen-bond donors (Lipinski definition) is 3. The minimum Gasteiger partial charge on any atom is -0.480 e. The van der Waals surface area contributed by atoms with Crippen LogP contribution in [0.1, 0.15) is 0 Å². The number of carboxylic acids is 2. The van der Waals surface area contributed by atoms with Crippen LogP contribution in [0.25, 0.3) is 20.8 Å².